The molecule has 0 aromatic heterocycles. The van der Waals surface area contributed by atoms with Gasteiger partial charge >= 0.3 is 6.18 Å². The van der Waals surface area contributed by atoms with E-state index in [0.29, 0.717) is 5.75 Å². The third kappa shape index (κ3) is 5.87. The van der Waals surface area contributed by atoms with Gasteiger partial charge in [0, 0.05) is 16.7 Å². The van der Waals surface area contributed by atoms with E-state index in [2.05, 4.69) is 55.2 Å². The Balaban J connectivity index is 1.46. The van der Waals surface area contributed by atoms with Gasteiger partial charge in [-0.3, -0.25) is 0 Å². The zero-order chi connectivity index (χ0) is 20.9. The number of benzene rings is 3. The molecule has 0 fully saturated rings. The number of fused-ring (bicyclic) bond motifs is 1. The fraction of sp³-hybridized carbons (Fsp3) is 0.250. The maximum absolute atomic E-state index is 12.6. The van der Waals surface area contributed by atoms with Crippen molar-refractivity contribution in [3.05, 3.63) is 90.0 Å². The molecule has 0 aliphatic heterocycles. The molecule has 0 unspecified atom stereocenters. The van der Waals surface area contributed by atoms with Gasteiger partial charge in [-0.2, -0.15) is 13.2 Å². The lowest BCUT2D eigenvalue weighted by molar-refractivity contribution is -0.137. The molecule has 1 atom stereocenters. The van der Waals surface area contributed by atoms with E-state index in [0.717, 1.165) is 35.6 Å². The van der Waals surface area contributed by atoms with E-state index in [4.69, 9.17) is 0 Å². The van der Waals surface area contributed by atoms with E-state index in [1.54, 1.807) is 0 Å². The molecule has 0 saturated heterocycles. The van der Waals surface area contributed by atoms with Crippen molar-refractivity contribution >= 4 is 22.5 Å². The van der Waals surface area contributed by atoms with E-state index < -0.39 is 11.7 Å². The maximum atomic E-state index is 12.6. The number of rotatable bonds is 8. The van der Waals surface area contributed by atoms with E-state index in [1.807, 2.05) is 6.07 Å². The van der Waals surface area contributed by atoms with E-state index >= 15 is 0 Å². The summed E-state index contributed by atoms with van der Waals surface area (Å²) in [7, 11) is 0. The Labute approximate surface area is 174 Å². The standard InChI is InChI=1S/C24H24F3NS/c1-17(16-29-21-12-10-20(11-13-21)24(25,26)27)14-15-28-18(2)22-9-5-7-19-6-3-4-8-23(19)22/h3-13,18,28H,1,14-16H2,2H3/t18-/m1/s1. The highest BCUT2D eigenvalue weighted by Crippen LogP contribution is 2.31. The number of nitrogens with one attached hydrogen (secondary N) is 1. The van der Waals surface area contributed by atoms with Gasteiger partial charge in [0.1, 0.15) is 0 Å². The summed E-state index contributed by atoms with van der Waals surface area (Å²) in [6.45, 7) is 7.06. The fourth-order valence-electron chi connectivity index (χ4n) is 3.20. The molecule has 0 saturated carbocycles. The molecular weight excluding hydrogens is 391 g/mol. The van der Waals surface area contributed by atoms with Crippen LogP contribution in [0.3, 0.4) is 0 Å². The lowest BCUT2D eigenvalue weighted by Crippen LogP contribution is -2.20. The first-order valence-electron chi connectivity index (χ1n) is 9.52. The molecule has 0 heterocycles. The van der Waals surface area contributed by atoms with Crippen LogP contribution in [0.1, 0.15) is 30.5 Å². The van der Waals surface area contributed by atoms with Gasteiger partial charge in [-0.05, 0) is 60.5 Å². The third-order valence-corrected chi connectivity index (χ3v) is 6.00. The number of hydrogen-bond acceptors (Lipinski definition) is 2. The largest absolute Gasteiger partial charge is 0.416 e. The van der Waals surface area contributed by atoms with E-state index in [1.165, 1.54) is 40.2 Å². The molecule has 0 amide bonds. The monoisotopic (exact) mass is 415 g/mol. The summed E-state index contributed by atoms with van der Waals surface area (Å²) in [4.78, 5) is 0.816. The second-order valence-corrected chi connectivity index (χ2v) is 8.10. The van der Waals surface area contributed by atoms with Crippen molar-refractivity contribution in [2.45, 2.75) is 30.5 Å². The number of alkyl halides is 3. The quantitative estimate of drug-likeness (QED) is 0.307. The molecular formula is C24H24F3NS. The Hall–Kier alpha value is -2.24. The fourth-order valence-corrected chi connectivity index (χ4v) is 4.04. The Morgan fingerprint density at radius 2 is 1.69 bits per heavy atom. The van der Waals surface area contributed by atoms with Crippen LogP contribution >= 0.6 is 11.8 Å². The van der Waals surface area contributed by atoms with Crippen molar-refractivity contribution in [3.63, 3.8) is 0 Å². The molecule has 3 aromatic rings. The molecule has 0 radical (unpaired) electrons. The molecule has 0 bridgehead atoms. The third-order valence-electron chi connectivity index (χ3n) is 4.84. The summed E-state index contributed by atoms with van der Waals surface area (Å²) in [5, 5.41) is 6.04. The molecule has 3 aromatic carbocycles. The summed E-state index contributed by atoms with van der Waals surface area (Å²) in [5.74, 6) is 0.690. The lowest BCUT2D eigenvalue weighted by atomic mass is 9.99. The maximum Gasteiger partial charge on any atom is 0.416 e. The van der Waals surface area contributed by atoms with Gasteiger partial charge in [0.05, 0.1) is 5.56 Å². The topological polar surface area (TPSA) is 12.0 Å². The number of halogens is 3. The van der Waals surface area contributed by atoms with Crippen LogP contribution < -0.4 is 5.32 Å². The molecule has 152 valence electrons. The summed E-state index contributed by atoms with van der Waals surface area (Å²) >= 11 is 1.51. The summed E-state index contributed by atoms with van der Waals surface area (Å²) < 4.78 is 37.9. The normalized spacial score (nSPS) is 12.8. The van der Waals surface area contributed by atoms with Crippen LogP contribution in [-0.2, 0) is 6.18 Å². The van der Waals surface area contributed by atoms with Crippen molar-refractivity contribution in [2.75, 3.05) is 12.3 Å². The van der Waals surface area contributed by atoms with E-state index in [-0.39, 0.29) is 6.04 Å². The summed E-state index contributed by atoms with van der Waals surface area (Å²) in [6.07, 6.45) is -3.47. The van der Waals surface area contributed by atoms with Gasteiger partial charge in [-0.15, -0.1) is 11.8 Å². The average molecular weight is 416 g/mol. The molecule has 5 heteroatoms. The second-order valence-electron chi connectivity index (χ2n) is 7.05. The summed E-state index contributed by atoms with van der Waals surface area (Å²) in [5.41, 5.74) is 1.72. The van der Waals surface area contributed by atoms with Gasteiger partial charge in [0.15, 0.2) is 0 Å². The molecule has 0 aliphatic rings. The predicted octanol–water partition coefficient (Wildman–Crippen LogP) is 7.25. The zero-order valence-corrected chi connectivity index (χ0v) is 17.1. The van der Waals surface area contributed by atoms with Gasteiger partial charge in [-0.1, -0.05) is 54.6 Å². The van der Waals surface area contributed by atoms with Crippen molar-refractivity contribution in [3.8, 4) is 0 Å². The Morgan fingerprint density at radius 3 is 2.41 bits per heavy atom. The van der Waals surface area contributed by atoms with Gasteiger partial charge in [-0.25, -0.2) is 0 Å². The average Bonchev–Trinajstić information content (AvgIpc) is 2.71. The van der Waals surface area contributed by atoms with Crippen molar-refractivity contribution in [2.24, 2.45) is 0 Å². The van der Waals surface area contributed by atoms with Gasteiger partial charge < -0.3 is 5.32 Å². The van der Waals surface area contributed by atoms with Gasteiger partial charge in [0.2, 0.25) is 0 Å². The molecule has 29 heavy (non-hydrogen) atoms. The first-order valence-corrected chi connectivity index (χ1v) is 10.5. The zero-order valence-electron chi connectivity index (χ0n) is 16.3. The summed E-state index contributed by atoms with van der Waals surface area (Å²) in [6, 6.07) is 20.2. The minimum atomic E-state index is -4.29. The minimum absolute atomic E-state index is 0.219. The minimum Gasteiger partial charge on any atom is -0.310 e. The number of hydrogen-bond donors (Lipinski definition) is 1. The molecule has 0 spiro atoms. The lowest BCUT2D eigenvalue weighted by Gasteiger charge is -2.17. The Kier molecular flexibility index (Phi) is 7.04. The van der Waals surface area contributed by atoms with Crippen LogP contribution in [0, 0.1) is 0 Å². The van der Waals surface area contributed by atoms with Crippen molar-refractivity contribution in [1.29, 1.82) is 0 Å². The SMILES string of the molecule is C=C(CCN[C@H](C)c1cccc2ccccc12)CSc1ccc(C(F)(F)F)cc1. The number of thioether (sulfide) groups is 1. The highest BCUT2D eigenvalue weighted by Gasteiger charge is 2.29. The molecule has 1 N–H and O–H groups in total. The second kappa shape index (κ2) is 9.51. The van der Waals surface area contributed by atoms with Crippen LogP contribution in [0.2, 0.25) is 0 Å². The molecule has 3 rings (SSSR count). The van der Waals surface area contributed by atoms with Crippen LogP contribution in [0.5, 0.6) is 0 Å². The molecule has 1 nitrogen and oxygen atoms in total. The van der Waals surface area contributed by atoms with E-state index in [9.17, 15) is 13.2 Å². The first kappa shape index (κ1) is 21.5. The Bertz CT molecular complexity index is 959. The van der Waals surface area contributed by atoms with Crippen LogP contribution in [0.15, 0.2) is 83.8 Å². The van der Waals surface area contributed by atoms with Crippen LogP contribution in [0.25, 0.3) is 10.8 Å². The predicted molar refractivity (Wildman–Crippen MR) is 116 cm³/mol. The Morgan fingerprint density at radius 1 is 1.00 bits per heavy atom. The smallest absolute Gasteiger partial charge is 0.310 e. The van der Waals surface area contributed by atoms with Crippen LogP contribution in [0.4, 0.5) is 13.2 Å². The molecule has 0 aliphatic carbocycles. The van der Waals surface area contributed by atoms with Crippen molar-refractivity contribution < 1.29 is 13.2 Å². The highest BCUT2D eigenvalue weighted by atomic mass is 32.2. The highest BCUT2D eigenvalue weighted by molar-refractivity contribution is 7.99. The van der Waals surface area contributed by atoms with Gasteiger partial charge in [0.25, 0.3) is 0 Å². The van der Waals surface area contributed by atoms with Crippen molar-refractivity contribution in [1.82, 2.24) is 5.32 Å². The first-order chi connectivity index (χ1) is 13.8. The van der Waals surface area contributed by atoms with Crippen LogP contribution in [-0.4, -0.2) is 12.3 Å².